The number of aromatic nitrogens is 2. The highest BCUT2D eigenvalue weighted by Crippen LogP contribution is 2.19. The second kappa shape index (κ2) is 2.77. The maximum Gasteiger partial charge on any atom is 0.219 e. The normalized spacial score (nSPS) is 10.8. The maximum absolute atomic E-state index is 9.08. The minimum atomic E-state index is 0.212. The number of nitrogens with zero attached hydrogens (tertiary/aromatic N) is 2. The molecule has 0 aliphatic carbocycles. The van der Waals surface area contributed by atoms with Crippen molar-refractivity contribution in [2.75, 3.05) is 0 Å². The molecule has 1 rings (SSSR count). The number of halogens is 1. The van der Waals surface area contributed by atoms with Crippen molar-refractivity contribution in [2.45, 2.75) is 19.8 Å². The van der Waals surface area contributed by atoms with E-state index in [4.69, 9.17) is 5.11 Å². The molecular formula is C6H9IN2O. The Hall–Kier alpha value is -0.260. The molecule has 0 saturated carbocycles. The maximum atomic E-state index is 9.08. The summed E-state index contributed by atoms with van der Waals surface area (Å²) in [6.45, 7) is 4.08. The molecule has 3 nitrogen and oxygen atoms in total. The lowest BCUT2D eigenvalue weighted by atomic mass is 10.1. The van der Waals surface area contributed by atoms with Crippen molar-refractivity contribution >= 4 is 22.9 Å². The zero-order valence-electron chi connectivity index (χ0n) is 5.87. The Morgan fingerprint density at radius 3 is 2.50 bits per heavy atom. The van der Waals surface area contributed by atoms with Crippen LogP contribution in [0.15, 0.2) is 6.07 Å². The highest BCUT2D eigenvalue weighted by atomic mass is 127. The molecule has 0 amide bonds. The summed E-state index contributed by atoms with van der Waals surface area (Å²) in [5.74, 6) is 0.589. The van der Waals surface area contributed by atoms with Crippen molar-refractivity contribution in [1.82, 2.24) is 7.99 Å². The topological polar surface area (TPSA) is 38.0 Å². The second-order valence-corrected chi connectivity index (χ2v) is 3.36. The van der Waals surface area contributed by atoms with Gasteiger partial charge in [0.15, 0.2) is 0 Å². The molecule has 1 aromatic heterocycles. The van der Waals surface area contributed by atoms with E-state index in [9.17, 15) is 0 Å². The Kier molecular flexibility index (Phi) is 2.18. The summed E-state index contributed by atoms with van der Waals surface area (Å²) in [6.07, 6.45) is 0. The van der Waals surface area contributed by atoms with Gasteiger partial charge < -0.3 is 5.11 Å². The molecule has 0 saturated heterocycles. The van der Waals surface area contributed by atoms with E-state index in [0.717, 1.165) is 5.69 Å². The number of rotatable bonds is 1. The zero-order chi connectivity index (χ0) is 7.72. The van der Waals surface area contributed by atoms with Crippen LogP contribution >= 0.6 is 22.9 Å². The minimum Gasteiger partial charge on any atom is -0.493 e. The predicted octanol–water partition coefficient (Wildman–Crippen LogP) is 1.91. The SMILES string of the molecule is CC(C)c1cc(O)n(I)n1. The van der Waals surface area contributed by atoms with E-state index in [2.05, 4.69) is 5.10 Å². The molecule has 0 fully saturated rings. The monoisotopic (exact) mass is 252 g/mol. The molecule has 56 valence electrons. The van der Waals surface area contributed by atoms with Crippen LogP contribution in [-0.2, 0) is 0 Å². The molecule has 0 atom stereocenters. The van der Waals surface area contributed by atoms with E-state index < -0.39 is 0 Å². The van der Waals surface area contributed by atoms with Gasteiger partial charge in [-0.15, -0.1) is 0 Å². The fourth-order valence-corrected chi connectivity index (χ4v) is 1.04. The first-order valence-electron chi connectivity index (χ1n) is 3.06. The Morgan fingerprint density at radius 2 is 2.30 bits per heavy atom. The molecule has 0 aliphatic rings. The standard InChI is InChI=1S/C6H9IN2O/c1-4(2)5-3-6(10)9(7)8-5/h3-4,10H,1-2H3. The van der Waals surface area contributed by atoms with Gasteiger partial charge in [-0.3, -0.25) is 0 Å². The highest BCUT2D eigenvalue weighted by Gasteiger charge is 2.06. The van der Waals surface area contributed by atoms with Gasteiger partial charge in [0, 0.05) is 6.07 Å². The van der Waals surface area contributed by atoms with Gasteiger partial charge >= 0.3 is 0 Å². The third-order valence-electron chi connectivity index (χ3n) is 1.26. The third kappa shape index (κ3) is 1.42. The van der Waals surface area contributed by atoms with Crippen molar-refractivity contribution in [3.05, 3.63) is 11.8 Å². The average molecular weight is 252 g/mol. The fraction of sp³-hybridized carbons (Fsp3) is 0.500. The molecule has 0 aromatic carbocycles. The molecule has 4 heteroatoms. The van der Waals surface area contributed by atoms with E-state index in [1.807, 2.05) is 36.7 Å². The Balaban J connectivity index is 2.98. The van der Waals surface area contributed by atoms with Gasteiger partial charge in [-0.2, -0.15) is 7.99 Å². The summed E-state index contributed by atoms with van der Waals surface area (Å²) in [5, 5.41) is 13.1. The second-order valence-electron chi connectivity index (χ2n) is 2.44. The molecule has 0 spiro atoms. The lowest BCUT2D eigenvalue weighted by molar-refractivity contribution is 0.449. The molecular weight excluding hydrogens is 243 g/mol. The lowest BCUT2D eigenvalue weighted by Crippen LogP contribution is -1.88. The largest absolute Gasteiger partial charge is 0.493 e. The number of hydrogen-bond donors (Lipinski definition) is 1. The Morgan fingerprint density at radius 1 is 1.70 bits per heavy atom. The van der Waals surface area contributed by atoms with E-state index in [-0.39, 0.29) is 5.88 Å². The molecule has 1 heterocycles. The molecule has 0 unspecified atom stereocenters. The fourth-order valence-electron chi connectivity index (χ4n) is 0.649. The van der Waals surface area contributed by atoms with Gasteiger partial charge in [-0.25, -0.2) is 0 Å². The number of aromatic hydroxyl groups is 1. The van der Waals surface area contributed by atoms with Crippen LogP contribution in [0.5, 0.6) is 5.88 Å². The third-order valence-corrected chi connectivity index (χ3v) is 1.97. The van der Waals surface area contributed by atoms with Crippen LogP contribution in [0.25, 0.3) is 0 Å². The summed E-state index contributed by atoms with van der Waals surface area (Å²) >= 11 is 1.93. The molecule has 0 radical (unpaired) electrons. The summed E-state index contributed by atoms with van der Waals surface area (Å²) in [6, 6.07) is 1.68. The molecule has 0 bridgehead atoms. The summed E-state index contributed by atoms with van der Waals surface area (Å²) in [7, 11) is 0. The van der Waals surface area contributed by atoms with Gasteiger partial charge in [-0.05, 0) is 5.92 Å². The van der Waals surface area contributed by atoms with Crippen LogP contribution < -0.4 is 0 Å². The number of hydrogen-bond acceptors (Lipinski definition) is 2. The van der Waals surface area contributed by atoms with Gasteiger partial charge in [0.25, 0.3) is 0 Å². The van der Waals surface area contributed by atoms with Gasteiger partial charge in [0.2, 0.25) is 5.88 Å². The first-order chi connectivity index (χ1) is 4.61. The van der Waals surface area contributed by atoms with Gasteiger partial charge in [0.1, 0.15) is 0 Å². The van der Waals surface area contributed by atoms with Crippen LogP contribution in [0, 0.1) is 0 Å². The summed E-state index contributed by atoms with van der Waals surface area (Å²) in [4.78, 5) is 0. The van der Waals surface area contributed by atoms with Crippen molar-refractivity contribution in [1.29, 1.82) is 0 Å². The van der Waals surface area contributed by atoms with Crippen molar-refractivity contribution < 1.29 is 5.11 Å². The van der Waals surface area contributed by atoms with Crippen LogP contribution in [0.1, 0.15) is 25.5 Å². The highest BCUT2D eigenvalue weighted by molar-refractivity contribution is 14.1. The van der Waals surface area contributed by atoms with Crippen LogP contribution in [0.2, 0.25) is 0 Å². The molecule has 1 aromatic rings. The average Bonchev–Trinajstić information content (AvgIpc) is 2.13. The Bertz CT molecular complexity index is 212. The van der Waals surface area contributed by atoms with E-state index in [1.54, 1.807) is 6.07 Å². The molecule has 1 N–H and O–H groups in total. The van der Waals surface area contributed by atoms with E-state index >= 15 is 0 Å². The quantitative estimate of drug-likeness (QED) is 0.775. The van der Waals surface area contributed by atoms with Crippen molar-refractivity contribution in [3.63, 3.8) is 0 Å². The molecule has 0 aliphatic heterocycles. The van der Waals surface area contributed by atoms with Crippen LogP contribution in [0.3, 0.4) is 0 Å². The smallest absolute Gasteiger partial charge is 0.219 e. The first kappa shape index (κ1) is 7.84. The van der Waals surface area contributed by atoms with Gasteiger partial charge in [0.05, 0.1) is 28.6 Å². The lowest BCUT2D eigenvalue weighted by Gasteiger charge is -1.94. The first-order valence-corrected chi connectivity index (χ1v) is 4.03. The zero-order valence-corrected chi connectivity index (χ0v) is 8.03. The van der Waals surface area contributed by atoms with Gasteiger partial charge in [-0.1, -0.05) is 13.8 Å². The summed E-state index contributed by atoms with van der Waals surface area (Å²) < 4.78 is 1.44. The van der Waals surface area contributed by atoms with Crippen LogP contribution in [0.4, 0.5) is 0 Å². The van der Waals surface area contributed by atoms with Crippen molar-refractivity contribution in [3.8, 4) is 5.88 Å². The summed E-state index contributed by atoms with van der Waals surface area (Å²) in [5.41, 5.74) is 0.923. The van der Waals surface area contributed by atoms with Crippen LogP contribution in [-0.4, -0.2) is 13.1 Å². The predicted molar refractivity (Wildman–Crippen MR) is 47.4 cm³/mol. The molecule has 10 heavy (non-hydrogen) atoms. The minimum absolute atomic E-state index is 0.212. The van der Waals surface area contributed by atoms with E-state index in [0.29, 0.717) is 5.92 Å². The van der Waals surface area contributed by atoms with E-state index in [1.165, 1.54) is 2.90 Å². The van der Waals surface area contributed by atoms with Crippen molar-refractivity contribution in [2.24, 2.45) is 0 Å². The Labute approximate surface area is 73.5 Å².